The highest BCUT2D eigenvalue weighted by molar-refractivity contribution is 4.92. The van der Waals surface area contributed by atoms with Crippen LogP contribution >= 0.6 is 0 Å². The van der Waals surface area contributed by atoms with Crippen LogP contribution in [0.15, 0.2) is 12.4 Å². The molecule has 1 heterocycles. The van der Waals surface area contributed by atoms with Gasteiger partial charge in [0.05, 0.1) is 0 Å². The van der Waals surface area contributed by atoms with Crippen LogP contribution in [-0.4, -0.2) is 22.8 Å². The Labute approximate surface area is 66.2 Å². The minimum Gasteiger partial charge on any atom is -0.454 e. The van der Waals surface area contributed by atoms with Crippen LogP contribution in [0, 0.1) is 6.07 Å². The van der Waals surface area contributed by atoms with Crippen molar-refractivity contribution < 1.29 is 17.9 Å². The van der Waals surface area contributed by atoms with Crippen LogP contribution in [0.25, 0.3) is 0 Å². The molecule has 0 N–H and O–H groups in total. The largest absolute Gasteiger partial charge is 0.454 e. The monoisotopic (exact) mass is 177 g/mol. The molecule has 0 spiro atoms. The Hall–Kier alpha value is -1.33. The van der Waals surface area contributed by atoms with Crippen molar-refractivity contribution in [2.45, 2.75) is 6.18 Å². The van der Waals surface area contributed by atoms with Gasteiger partial charge < -0.3 is 4.74 Å². The van der Waals surface area contributed by atoms with E-state index in [9.17, 15) is 13.2 Å². The summed E-state index contributed by atoms with van der Waals surface area (Å²) in [6.07, 6.45) is -2.00. The number of halogens is 3. The molecule has 0 amide bonds. The molecule has 0 saturated carbocycles. The van der Waals surface area contributed by atoms with Crippen LogP contribution in [0.4, 0.5) is 13.2 Å². The summed E-state index contributed by atoms with van der Waals surface area (Å²) in [5.41, 5.74) is 0. The molecule has 6 heteroatoms. The second-order valence-corrected chi connectivity index (χ2v) is 1.87. The van der Waals surface area contributed by atoms with E-state index in [0.717, 1.165) is 0 Å². The standard InChI is InChI=1S/C6H4F3N2O/c7-6(8,9)4-12-5-10-2-1-3-11-5/h2-3H,4H2. The van der Waals surface area contributed by atoms with Gasteiger partial charge in [0.25, 0.3) is 0 Å². The number of ether oxygens (including phenoxy) is 1. The van der Waals surface area contributed by atoms with Gasteiger partial charge >= 0.3 is 12.2 Å². The summed E-state index contributed by atoms with van der Waals surface area (Å²) in [5, 5.41) is 0. The summed E-state index contributed by atoms with van der Waals surface area (Å²) >= 11 is 0. The molecule has 65 valence electrons. The lowest BCUT2D eigenvalue weighted by Crippen LogP contribution is -2.20. The van der Waals surface area contributed by atoms with E-state index in [1.165, 1.54) is 12.4 Å². The van der Waals surface area contributed by atoms with Crippen LogP contribution in [0.3, 0.4) is 0 Å². The van der Waals surface area contributed by atoms with Gasteiger partial charge in [0.1, 0.15) is 0 Å². The van der Waals surface area contributed by atoms with Crippen molar-refractivity contribution in [2.24, 2.45) is 0 Å². The van der Waals surface area contributed by atoms with Gasteiger partial charge in [-0.05, 0) is 0 Å². The summed E-state index contributed by atoms with van der Waals surface area (Å²) in [5.74, 6) is 0. The van der Waals surface area contributed by atoms with E-state index in [2.05, 4.69) is 20.8 Å². The van der Waals surface area contributed by atoms with E-state index in [1.54, 1.807) is 0 Å². The predicted molar refractivity (Wildman–Crippen MR) is 32.4 cm³/mol. The van der Waals surface area contributed by atoms with E-state index >= 15 is 0 Å². The highest BCUT2D eigenvalue weighted by Crippen LogP contribution is 2.15. The number of hydrogen-bond donors (Lipinski definition) is 0. The van der Waals surface area contributed by atoms with Gasteiger partial charge in [-0.15, -0.1) is 0 Å². The summed E-state index contributed by atoms with van der Waals surface area (Å²) in [7, 11) is 0. The van der Waals surface area contributed by atoms with Crippen molar-refractivity contribution in [1.29, 1.82) is 0 Å². The van der Waals surface area contributed by atoms with Gasteiger partial charge in [0.15, 0.2) is 6.61 Å². The Bertz CT molecular complexity index is 236. The Morgan fingerprint density at radius 1 is 1.33 bits per heavy atom. The quantitative estimate of drug-likeness (QED) is 0.681. The Kier molecular flexibility index (Phi) is 2.47. The van der Waals surface area contributed by atoms with E-state index < -0.39 is 12.8 Å². The number of rotatable bonds is 2. The zero-order chi connectivity index (χ0) is 9.03. The summed E-state index contributed by atoms with van der Waals surface area (Å²) in [6, 6.07) is 2.15. The molecule has 3 nitrogen and oxygen atoms in total. The molecule has 1 aromatic heterocycles. The third-order valence-corrected chi connectivity index (χ3v) is 0.864. The second kappa shape index (κ2) is 3.38. The summed E-state index contributed by atoms with van der Waals surface area (Å²) in [4.78, 5) is 6.79. The predicted octanol–water partition coefficient (Wildman–Crippen LogP) is 1.22. The van der Waals surface area contributed by atoms with Gasteiger partial charge in [0, 0.05) is 18.5 Å². The molecule has 1 aromatic rings. The lowest BCUT2D eigenvalue weighted by Gasteiger charge is -2.05. The highest BCUT2D eigenvalue weighted by Gasteiger charge is 2.28. The first-order valence-corrected chi connectivity index (χ1v) is 2.95. The van der Waals surface area contributed by atoms with E-state index in [0.29, 0.717) is 0 Å². The Morgan fingerprint density at radius 2 is 1.92 bits per heavy atom. The lowest BCUT2D eigenvalue weighted by atomic mass is 10.7. The minimum atomic E-state index is -4.36. The zero-order valence-electron chi connectivity index (χ0n) is 5.80. The molecule has 0 aliphatic rings. The number of aromatic nitrogens is 2. The maximum Gasteiger partial charge on any atom is 0.422 e. The summed E-state index contributed by atoms with van der Waals surface area (Å²) < 4.78 is 38.9. The smallest absolute Gasteiger partial charge is 0.422 e. The average molecular weight is 177 g/mol. The molecular weight excluding hydrogens is 173 g/mol. The molecule has 0 saturated heterocycles. The molecule has 0 aromatic carbocycles. The molecule has 1 radical (unpaired) electrons. The first-order chi connectivity index (χ1) is 5.58. The van der Waals surface area contributed by atoms with Crippen molar-refractivity contribution in [2.75, 3.05) is 6.61 Å². The fraction of sp³-hybridized carbons (Fsp3) is 0.333. The Morgan fingerprint density at radius 3 is 2.42 bits per heavy atom. The van der Waals surface area contributed by atoms with Crippen LogP contribution in [0.5, 0.6) is 6.01 Å². The molecule has 0 aliphatic carbocycles. The van der Waals surface area contributed by atoms with Gasteiger partial charge in [-0.25, -0.2) is 9.97 Å². The second-order valence-electron chi connectivity index (χ2n) is 1.87. The number of nitrogens with zero attached hydrogens (tertiary/aromatic N) is 2. The molecule has 0 aliphatic heterocycles. The maximum absolute atomic E-state index is 11.6. The van der Waals surface area contributed by atoms with Gasteiger partial charge in [-0.2, -0.15) is 13.2 Å². The minimum absolute atomic E-state index is 0.300. The van der Waals surface area contributed by atoms with Gasteiger partial charge in [-0.1, -0.05) is 0 Å². The molecule has 0 fully saturated rings. The van der Waals surface area contributed by atoms with Crippen molar-refractivity contribution in [3.05, 3.63) is 18.5 Å². The van der Waals surface area contributed by atoms with Crippen LogP contribution < -0.4 is 4.74 Å². The molecule has 1 rings (SSSR count). The van der Waals surface area contributed by atoms with Crippen molar-refractivity contribution in [1.82, 2.24) is 9.97 Å². The van der Waals surface area contributed by atoms with Crippen LogP contribution in [0.1, 0.15) is 0 Å². The SMILES string of the molecule is FC(F)(F)COc1nc[c]cn1. The van der Waals surface area contributed by atoms with E-state index in [1.807, 2.05) is 0 Å². The van der Waals surface area contributed by atoms with Crippen LogP contribution in [0.2, 0.25) is 0 Å². The van der Waals surface area contributed by atoms with E-state index in [4.69, 9.17) is 0 Å². The fourth-order valence-corrected chi connectivity index (χ4v) is 0.473. The summed E-state index contributed by atoms with van der Waals surface area (Å²) in [6.45, 7) is -1.38. The third kappa shape index (κ3) is 3.18. The fourth-order valence-electron chi connectivity index (χ4n) is 0.473. The molecule has 0 atom stereocenters. The van der Waals surface area contributed by atoms with Crippen molar-refractivity contribution >= 4 is 0 Å². The molecule has 0 unspecified atom stereocenters. The van der Waals surface area contributed by atoms with E-state index in [-0.39, 0.29) is 6.01 Å². The van der Waals surface area contributed by atoms with Gasteiger partial charge in [-0.3, -0.25) is 0 Å². The van der Waals surface area contributed by atoms with Gasteiger partial charge in [0.2, 0.25) is 0 Å². The Balaban J connectivity index is 2.44. The number of alkyl halides is 3. The lowest BCUT2D eigenvalue weighted by molar-refractivity contribution is -0.154. The molecular formula is C6H4F3N2O. The normalized spacial score (nSPS) is 11.2. The maximum atomic E-state index is 11.6. The average Bonchev–Trinajstić information content (AvgIpc) is 2.02. The zero-order valence-corrected chi connectivity index (χ0v) is 5.80. The first kappa shape index (κ1) is 8.76. The third-order valence-electron chi connectivity index (χ3n) is 0.864. The van der Waals surface area contributed by atoms with Crippen LogP contribution in [-0.2, 0) is 0 Å². The van der Waals surface area contributed by atoms with Crippen molar-refractivity contribution in [3.63, 3.8) is 0 Å². The molecule has 0 bridgehead atoms. The highest BCUT2D eigenvalue weighted by atomic mass is 19.4. The van der Waals surface area contributed by atoms with Crippen molar-refractivity contribution in [3.8, 4) is 6.01 Å². The molecule has 12 heavy (non-hydrogen) atoms. The number of hydrogen-bond acceptors (Lipinski definition) is 3. The topological polar surface area (TPSA) is 35.0 Å². The first-order valence-electron chi connectivity index (χ1n) is 2.95.